The zero-order valence-corrected chi connectivity index (χ0v) is 14.5. The number of aromatic nitrogens is 2. The van der Waals surface area contributed by atoms with E-state index in [1.807, 2.05) is 24.3 Å². The molecule has 5 nitrogen and oxygen atoms in total. The number of methoxy groups -OCH3 is 1. The molecule has 1 aliphatic rings. The number of anilines is 1. The molecule has 0 saturated heterocycles. The van der Waals surface area contributed by atoms with Gasteiger partial charge in [0.25, 0.3) is 5.91 Å². The standard InChI is InChI=1S/C19H17N3O2S/c1-24-16-7-5-13(6-8-16)18(23)20-15-4-2-3-14(11-15)17-12-22-9-10-25-19(22)21-17/h2-8,11-12H,9-10H2,1H3,(H,20,23). The summed E-state index contributed by atoms with van der Waals surface area (Å²) < 4.78 is 7.28. The predicted octanol–water partition coefficient (Wildman–Crippen LogP) is 3.92. The highest BCUT2D eigenvalue weighted by Crippen LogP contribution is 2.30. The Balaban J connectivity index is 1.53. The van der Waals surface area contributed by atoms with Crippen LogP contribution in [0, 0.1) is 0 Å². The summed E-state index contributed by atoms with van der Waals surface area (Å²) in [7, 11) is 1.60. The molecule has 2 aromatic carbocycles. The van der Waals surface area contributed by atoms with Crippen LogP contribution in [0.25, 0.3) is 11.3 Å². The highest BCUT2D eigenvalue weighted by Gasteiger charge is 2.15. The quantitative estimate of drug-likeness (QED) is 0.774. The number of imidazole rings is 1. The number of hydrogen-bond acceptors (Lipinski definition) is 4. The Kier molecular flexibility index (Phi) is 4.19. The van der Waals surface area contributed by atoms with E-state index in [0.29, 0.717) is 5.56 Å². The number of hydrogen-bond donors (Lipinski definition) is 1. The van der Waals surface area contributed by atoms with Crippen LogP contribution in [-0.2, 0) is 6.54 Å². The van der Waals surface area contributed by atoms with E-state index in [0.717, 1.165) is 40.1 Å². The van der Waals surface area contributed by atoms with Gasteiger partial charge >= 0.3 is 0 Å². The molecule has 1 aliphatic heterocycles. The average Bonchev–Trinajstić information content (AvgIpc) is 3.24. The number of carbonyl (C=O) groups excluding carboxylic acids is 1. The van der Waals surface area contributed by atoms with Crippen molar-refractivity contribution in [2.75, 3.05) is 18.2 Å². The summed E-state index contributed by atoms with van der Waals surface area (Å²) in [6.07, 6.45) is 2.07. The van der Waals surface area contributed by atoms with E-state index >= 15 is 0 Å². The fraction of sp³-hybridized carbons (Fsp3) is 0.158. The third-order valence-corrected chi connectivity index (χ3v) is 5.04. The number of fused-ring (bicyclic) bond motifs is 1. The van der Waals surface area contributed by atoms with Crippen LogP contribution in [0.1, 0.15) is 10.4 Å². The lowest BCUT2D eigenvalue weighted by molar-refractivity contribution is 0.102. The molecule has 25 heavy (non-hydrogen) atoms. The number of amides is 1. The third-order valence-electron chi connectivity index (χ3n) is 4.07. The monoisotopic (exact) mass is 351 g/mol. The van der Waals surface area contributed by atoms with Gasteiger partial charge in [0.1, 0.15) is 5.75 Å². The van der Waals surface area contributed by atoms with Crippen LogP contribution >= 0.6 is 11.8 Å². The third kappa shape index (κ3) is 3.25. The van der Waals surface area contributed by atoms with Gasteiger partial charge in [0, 0.05) is 35.3 Å². The lowest BCUT2D eigenvalue weighted by Crippen LogP contribution is -2.11. The molecule has 0 spiro atoms. The summed E-state index contributed by atoms with van der Waals surface area (Å²) in [6, 6.07) is 14.8. The minimum Gasteiger partial charge on any atom is -0.497 e. The summed E-state index contributed by atoms with van der Waals surface area (Å²) >= 11 is 1.77. The fourth-order valence-electron chi connectivity index (χ4n) is 2.75. The molecule has 1 N–H and O–H groups in total. The number of aryl methyl sites for hydroxylation is 1. The number of rotatable bonds is 4. The first-order chi connectivity index (χ1) is 12.2. The lowest BCUT2D eigenvalue weighted by Gasteiger charge is -2.07. The van der Waals surface area contributed by atoms with Crippen LogP contribution < -0.4 is 10.1 Å². The van der Waals surface area contributed by atoms with E-state index in [1.165, 1.54) is 0 Å². The SMILES string of the molecule is COc1ccc(C(=O)Nc2cccc(-c3cn4c(n3)SCC4)c2)cc1. The van der Waals surface area contributed by atoms with Gasteiger partial charge in [-0.1, -0.05) is 23.9 Å². The van der Waals surface area contributed by atoms with Crippen molar-refractivity contribution >= 4 is 23.4 Å². The second kappa shape index (κ2) is 6.64. The van der Waals surface area contributed by atoms with Crippen LogP contribution in [0.15, 0.2) is 59.9 Å². The van der Waals surface area contributed by atoms with E-state index in [4.69, 9.17) is 4.74 Å². The summed E-state index contributed by atoms with van der Waals surface area (Å²) in [4.78, 5) is 17.1. The smallest absolute Gasteiger partial charge is 0.255 e. The Hall–Kier alpha value is -2.73. The number of nitrogens with zero attached hydrogens (tertiary/aromatic N) is 2. The van der Waals surface area contributed by atoms with Crippen LogP contribution in [0.4, 0.5) is 5.69 Å². The Morgan fingerprint density at radius 3 is 2.84 bits per heavy atom. The number of carbonyl (C=O) groups is 1. The second-order valence-electron chi connectivity index (χ2n) is 5.71. The maximum absolute atomic E-state index is 12.4. The summed E-state index contributed by atoms with van der Waals surface area (Å²) in [5.74, 6) is 1.66. The van der Waals surface area contributed by atoms with Crippen molar-refractivity contribution in [3.8, 4) is 17.0 Å². The van der Waals surface area contributed by atoms with Crippen LogP contribution in [0.3, 0.4) is 0 Å². The topological polar surface area (TPSA) is 56.1 Å². The maximum atomic E-state index is 12.4. The van der Waals surface area contributed by atoms with Crippen molar-refractivity contribution in [1.82, 2.24) is 9.55 Å². The van der Waals surface area contributed by atoms with Crippen molar-refractivity contribution in [2.45, 2.75) is 11.7 Å². The maximum Gasteiger partial charge on any atom is 0.255 e. The molecule has 1 aromatic heterocycles. The number of thioether (sulfide) groups is 1. The Labute approximate surface area is 150 Å². The molecular weight excluding hydrogens is 334 g/mol. The average molecular weight is 351 g/mol. The first-order valence-corrected chi connectivity index (χ1v) is 8.97. The molecule has 3 aromatic rings. The summed E-state index contributed by atoms with van der Waals surface area (Å²) in [6.45, 7) is 1.00. The van der Waals surface area contributed by atoms with Gasteiger partial charge in [-0.05, 0) is 36.4 Å². The normalized spacial score (nSPS) is 12.7. The lowest BCUT2D eigenvalue weighted by atomic mass is 10.1. The molecule has 126 valence electrons. The van der Waals surface area contributed by atoms with Gasteiger partial charge in [0.2, 0.25) is 0 Å². The van der Waals surface area contributed by atoms with Gasteiger partial charge < -0.3 is 14.6 Å². The number of ether oxygens (including phenoxy) is 1. The highest BCUT2D eigenvalue weighted by atomic mass is 32.2. The molecule has 1 amide bonds. The Bertz CT molecular complexity index is 897. The van der Waals surface area contributed by atoms with Crippen LogP contribution in [-0.4, -0.2) is 28.3 Å². The summed E-state index contributed by atoms with van der Waals surface area (Å²) in [5.41, 5.74) is 3.26. The molecule has 0 unspecified atom stereocenters. The summed E-state index contributed by atoms with van der Waals surface area (Å²) in [5, 5.41) is 3.99. The zero-order valence-electron chi connectivity index (χ0n) is 13.7. The van der Waals surface area contributed by atoms with E-state index < -0.39 is 0 Å². The Morgan fingerprint density at radius 2 is 2.08 bits per heavy atom. The molecule has 0 radical (unpaired) electrons. The van der Waals surface area contributed by atoms with E-state index in [-0.39, 0.29) is 5.91 Å². The first-order valence-electron chi connectivity index (χ1n) is 7.99. The molecular formula is C19H17N3O2S. The van der Waals surface area contributed by atoms with Gasteiger partial charge in [-0.15, -0.1) is 0 Å². The molecule has 4 rings (SSSR count). The van der Waals surface area contributed by atoms with Crippen LogP contribution in [0.2, 0.25) is 0 Å². The molecule has 2 heterocycles. The molecule has 0 fully saturated rings. The van der Waals surface area contributed by atoms with Gasteiger partial charge in [0.15, 0.2) is 5.16 Å². The second-order valence-corrected chi connectivity index (χ2v) is 6.78. The molecule has 0 atom stereocenters. The van der Waals surface area contributed by atoms with Crippen molar-refractivity contribution in [3.63, 3.8) is 0 Å². The fourth-order valence-corrected chi connectivity index (χ4v) is 3.69. The van der Waals surface area contributed by atoms with Crippen molar-refractivity contribution in [3.05, 3.63) is 60.3 Å². The van der Waals surface area contributed by atoms with Crippen molar-refractivity contribution in [1.29, 1.82) is 0 Å². The zero-order chi connectivity index (χ0) is 17.2. The van der Waals surface area contributed by atoms with Crippen LogP contribution in [0.5, 0.6) is 5.75 Å². The van der Waals surface area contributed by atoms with Gasteiger partial charge in [0.05, 0.1) is 12.8 Å². The minimum absolute atomic E-state index is 0.150. The Morgan fingerprint density at radius 1 is 1.24 bits per heavy atom. The van der Waals surface area contributed by atoms with E-state index in [1.54, 1.807) is 43.1 Å². The van der Waals surface area contributed by atoms with E-state index in [9.17, 15) is 4.79 Å². The predicted molar refractivity (Wildman–Crippen MR) is 99.3 cm³/mol. The first kappa shape index (κ1) is 15.8. The molecule has 0 bridgehead atoms. The minimum atomic E-state index is -0.150. The van der Waals surface area contributed by atoms with Crippen molar-refractivity contribution in [2.24, 2.45) is 0 Å². The largest absolute Gasteiger partial charge is 0.497 e. The van der Waals surface area contributed by atoms with E-state index in [2.05, 4.69) is 21.1 Å². The number of nitrogens with one attached hydrogen (secondary N) is 1. The molecule has 6 heteroatoms. The van der Waals surface area contributed by atoms with Crippen molar-refractivity contribution < 1.29 is 9.53 Å². The van der Waals surface area contributed by atoms with Gasteiger partial charge in [-0.3, -0.25) is 4.79 Å². The number of benzene rings is 2. The molecule has 0 aliphatic carbocycles. The van der Waals surface area contributed by atoms with Gasteiger partial charge in [-0.2, -0.15) is 0 Å². The highest BCUT2D eigenvalue weighted by molar-refractivity contribution is 7.99. The molecule has 0 saturated carbocycles. The van der Waals surface area contributed by atoms with Gasteiger partial charge in [-0.25, -0.2) is 4.98 Å².